The summed E-state index contributed by atoms with van der Waals surface area (Å²) >= 11 is 0. The van der Waals surface area contributed by atoms with Gasteiger partial charge in [-0.05, 0) is 51.7 Å². The molecule has 1 fully saturated rings. The van der Waals surface area contributed by atoms with Crippen molar-refractivity contribution < 1.29 is 19.1 Å². The minimum atomic E-state index is -1.95. The highest BCUT2D eigenvalue weighted by atomic mass is 28.4. The third-order valence-electron chi connectivity index (χ3n) is 5.99. The van der Waals surface area contributed by atoms with Crippen molar-refractivity contribution in [1.82, 2.24) is 4.90 Å². The Morgan fingerprint density at radius 2 is 1.78 bits per heavy atom. The number of nitrogens with zero attached hydrogens (tertiary/aromatic N) is 1. The zero-order valence-corrected chi connectivity index (χ0v) is 20.1. The molecule has 1 heterocycles. The first-order valence-electron chi connectivity index (χ1n) is 10.5. The molecule has 1 aliphatic rings. The molecule has 27 heavy (non-hydrogen) atoms. The highest BCUT2D eigenvalue weighted by molar-refractivity contribution is 6.74. The van der Waals surface area contributed by atoms with Gasteiger partial charge in [-0.15, -0.1) is 0 Å². The van der Waals surface area contributed by atoms with Crippen LogP contribution in [0.3, 0.4) is 0 Å². The Hall–Kier alpha value is -0.593. The van der Waals surface area contributed by atoms with E-state index in [4.69, 9.17) is 9.16 Å². The van der Waals surface area contributed by atoms with Crippen LogP contribution in [0, 0.1) is 0 Å². The number of hydrogen-bond acceptors (Lipinski definition) is 4. The van der Waals surface area contributed by atoms with Crippen LogP contribution in [0.5, 0.6) is 0 Å². The fourth-order valence-electron chi connectivity index (χ4n) is 3.42. The van der Waals surface area contributed by atoms with Crippen molar-refractivity contribution in [2.75, 3.05) is 13.2 Å². The van der Waals surface area contributed by atoms with Gasteiger partial charge in [-0.1, -0.05) is 47.0 Å². The Bertz CT molecular complexity index is 495. The molecule has 0 aromatic heterocycles. The normalized spacial score (nSPS) is 24.4. The highest BCUT2D eigenvalue weighted by Crippen LogP contribution is 2.42. The zero-order valence-electron chi connectivity index (χ0n) is 19.1. The van der Waals surface area contributed by atoms with E-state index in [0.717, 1.165) is 25.7 Å². The molecule has 5 nitrogen and oxygen atoms in total. The molecule has 0 saturated carbocycles. The number of likely N-dealkylation sites (tertiary alicyclic amines) is 1. The molecule has 0 radical (unpaired) electrons. The van der Waals surface area contributed by atoms with Gasteiger partial charge in [0.1, 0.15) is 5.60 Å². The Kier molecular flexibility index (Phi) is 7.99. The first-order valence-corrected chi connectivity index (χ1v) is 13.4. The van der Waals surface area contributed by atoms with Crippen LogP contribution in [0.15, 0.2) is 0 Å². The van der Waals surface area contributed by atoms with Gasteiger partial charge in [0.05, 0.1) is 18.2 Å². The maximum Gasteiger partial charge on any atom is 0.410 e. The standard InChI is InChI=1S/C21H43NO4Si/c1-10-11-12-13-21(16-23)14-17(26-27(8,9)20(5,6)7)15-22(21)18(24)25-19(2,3)4/h17,23H,10-16H2,1-9H3/t17-,21-/m1/s1. The van der Waals surface area contributed by atoms with E-state index in [2.05, 4.69) is 40.8 Å². The fourth-order valence-corrected chi connectivity index (χ4v) is 4.77. The van der Waals surface area contributed by atoms with Gasteiger partial charge in [0, 0.05) is 6.54 Å². The lowest BCUT2D eigenvalue weighted by Crippen LogP contribution is -2.51. The third kappa shape index (κ3) is 6.46. The molecule has 0 aromatic carbocycles. The molecule has 2 atom stereocenters. The monoisotopic (exact) mass is 401 g/mol. The molecular formula is C21H43NO4Si. The molecule has 1 amide bonds. The van der Waals surface area contributed by atoms with Crippen LogP contribution in [0.1, 0.15) is 80.6 Å². The van der Waals surface area contributed by atoms with Crippen LogP contribution in [-0.2, 0) is 9.16 Å². The summed E-state index contributed by atoms with van der Waals surface area (Å²) in [6, 6.07) is 0. The van der Waals surface area contributed by atoms with Gasteiger partial charge >= 0.3 is 6.09 Å². The average molecular weight is 402 g/mol. The smallest absolute Gasteiger partial charge is 0.410 e. The van der Waals surface area contributed by atoms with E-state index in [-0.39, 0.29) is 23.8 Å². The molecule has 1 rings (SSSR count). The molecule has 0 aromatic rings. The Labute approximate surface area is 167 Å². The number of ether oxygens (including phenoxy) is 1. The predicted molar refractivity (Wildman–Crippen MR) is 114 cm³/mol. The van der Waals surface area contributed by atoms with E-state index in [9.17, 15) is 9.90 Å². The van der Waals surface area contributed by atoms with Crippen LogP contribution >= 0.6 is 0 Å². The van der Waals surface area contributed by atoms with E-state index in [1.807, 2.05) is 20.8 Å². The lowest BCUT2D eigenvalue weighted by Gasteiger charge is -2.38. The lowest BCUT2D eigenvalue weighted by molar-refractivity contribution is -0.00761. The minimum Gasteiger partial charge on any atom is -0.444 e. The second-order valence-corrected chi connectivity index (χ2v) is 15.4. The van der Waals surface area contributed by atoms with E-state index in [0.29, 0.717) is 13.0 Å². The summed E-state index contributed by atoms with van der Waals surface area (Å²) in [5, 5.41) is 10.4. The van der Waals surface area contributed by atoms with Crippen molar-refractivity contribution in [2.45, 2.75) is 116 Å². The van der Waals surface area contributed by atoms with E-state index in [1.54, 1.807) is 4.90 Å². The number of aliphatic hydroxyl groups is 1. The molecule has 0 bridgehead atoms. The van der Waals surface area contributed by atoms with E-state index < -0.39 is 19.5 Å². The van der Waals surface area contributed by atoms with Crippen molar-refractivity contribution in [3.05, 3.63) is 0 Å². The van der Waals surface area contributed by atoms with Crippen LogP contribution in [0.2, 0.25) is 18.1 Å². The van der Waals surface area contributed by atoms with Gasteiger partial charge < -0.3 is 14.3 Å². The van der Waals surface area contributed by atoms with Gasteiger partial charge in [0.15, 0.2) is 8.32 Å². The molecule has 160 valence electrons. The quantitative estimate of drug-likeness (QED) is 0.463. The Balaban J connectivity index is 3.06. The number of hydrogen-bond donors (Lipinski definition) is 1. The van der Waals surface area contributed by atoms with Crippen molar-refractivity contribution in [3.8, 4) is 0 Å². The molecule has 1 N–H and O–H groups in total. The maximum absolute atomic E-state index is 12.9. The summed E-state index contributed by atoms with van der Waals surface area (Å²) in [4.78, 5) is 14.7. The first kappa shape index (κ1) is 24.4. The number of aliphatic hydroxyl groups excluding tert-OH is 1. The maximum atomic E-state index is 12.9. The minimum absolute atomic E-state index is 0.0483. The number of rotatable bonds is 7. The first-order chi connectivity index (χ1) is 12.2. The summed E-state index contributed by atoms with van der Waals surface area (Å²) in [5.74, 6) is 0. The lowest BCUT2D eigenvalue weighted by atomic mass is 9.90. The van der Waals surface area contributed by atoms with E-state index in [1.165, 1.54) is 0 Å². The third-order valence-corrected chi connectivity index (χ3v) is 10.5. The number of carbonyl (C=O) groups excluding carboxylic acids is 1. The average Bonchev–Trinajstić information content (AvgIpc) is 2.83. The summed E-state index contributed by atoms with van der Waals surface area (Å²) < 4.78 is 12.3. The SMILES string of the molecule is CCCCC[C@]1(CO)C[C@@H](O[Si](C)(C)C(C)(C)C)CN1C(=O)OC(C)(C)C. The summed E-state index contributed by atoms with van der Waals surface area (Å²) in [6.45, 7) is 19.4. The molecule has 0 aliphatic carbocycles. The zero-order chi connectivity index (χ0) is 21.1. The number of carbonyl (C=O) groups is 1. The van der Waals surface area contributed by atoms with Crippen molar-refractivity contribution in [3.63, 3.8) is 0 Å². The molecule has 0 unspecified atom stereocenters. The fraction of sp³-hybridized carbons (Fsp3) is 0.952. The second-order valence-electron chi connectivity index (χ2n) is 10.6. The second kappa shape index (κ2) is 8.83. The summed E-state index contributed by atoms with van der Waals surface area (Å²) in [7, 11) is -1.95. The summed E-state index contributed by atoms with van der Waals surface area (Å²) in [5.41, 5.74) is -1.13. The van der Waals surface area contributed by atoms with Gasteiger partial charge in [-0.2, -0.15) is 0 Å². The van der Waals surface area contributed by atoms with E-state index >= 15 is 0 Å². The van der Waals surface area contributed by atoms with Gasteiger partial charge in [-0.25, -0.2) is 4.79 Å². The molecule has 1 saturated heterocycles. The molecule has 0 spiro atoms. The highest BCUT2D eigenvalue weighted by Gasteiger charge is 2.51. The van der Waals surface area contributed by atoms with Crippen LogP contribution in [-0.4, -0.2) is 54.8 Å². The van der Waals surface area contributed by atoms with Crippen molar-refractivity contribution in [2.24, 2.45) is 0 Å². The van der Waals surface area contributed by atoms with Gasteiger partial charge in [-0.3, -0.25) is 4.90 Å². The topological polar surface area (TPSA) is 59.0 Å². The molecule has 1 aliphatic heterocycles. The van der Waals surface area contributed by atoms with Crippen LogP contribution in [0.25, 0.3) is 0 Å². The Morgan fingerprint density at radius 3 is 2.22 bits per heavy atom. The van der Waals surface area contributed by atoms with Crippen molar-refractivity contribution >= 4 is 14.4 Å². The van der Waals surface area contributed by atoms with Gasteiger partial charge in [0.2, 0.25) is 0 Å². The number of amides is 1. The predicted octanol–water partition coefficient (Wildman–Crippen LogP) is 5.33. The number of unbranched alkanes of at least 4 members (excludes halogenated alkanes) is 2. The molecule has 6 heteroatoms. The van der Waals surface area contributed by atoms with Gasteiger partial charge in [0.25, 0.3) is 0 Å². The summed E-state index contributed by atoms with van der Waals surface area (Å²) in [6.07, 6.45) is 4.27. The van der Waals surface area contributed by atoms with Crippen LogP contribution < -0.4 is 0 Å². The van der Waals surface area contributed by atoms with Crippen molar-refractivity contribution in [1.29, 1.82) is 0 Å². The Morgan fingerprint density at radius 1 is 1.19 bits per heavy atom. The van der Waals surface area contributed by atoms with Crippen LogP contribution in [0.4, 0.5) is 4.79 Å². The molecular weight excluding hydrogens is 358 g/mol. The largest absolute Gasteiger partial charge is 0.444 e.